The van der Waals surface area contributed by atoms with Crippen molar-refractivity contribution >= 4 is 34.2 Å². The number of carbonyl (C=O) groups is 2. The van der Waals surface area contributed by atoms with Crippen molar-refractivity contribution in [2.45, 2.75) is 45.8 Å². The number of anilines is 2. The van der Waals surface area contributed by atoms with Gasteiger partial charge in [0.2, 0.25) is 5.91 Å². The number of rotatable bonds is 10. The number of aryl methyl sites for hydroxylation is 1. The molecule has 1 heterocycles. The summed E-state index contributed by atoms with van der Waals surface area (Å²) in [6, 6.07) is 30.3. The third-order valence-electron chi connectivity index (χ3n) is 7.63. The van der Waals surface area contributed by atoms with Crippen LogP contribution in [0.1, 0.15) is 48.1 Å². The Morgan fingerprint density at radius 3 is 2.14 bits per heavy atom. The SMILES string of the molecule is Cc1ccc(CN(C(=O)Cn2nnc3ccccc32)C(C(=O)Nc2ccc(N(C)C)cc2)c2ccc(C(C)C)cc2)cc1. The highest BCUT2D eigenvalue weighted by atomic mass is 16.2. The van der Waals surface area contributed by atoms with Gasteiger partial charge in [0, 0.05) is 32.0 Å². The van der Waals surface area contributed by atoms with E-state index in [9.17, 15) is 9.59 Å². The maximum atomic E-state index is 14.2. The number of benzene rings is 4. The van der Waals surface area contributed by atoms with Gasteiger partial charge in [-0.1, -0.05) is 85.3 Å². The molecule has 0 bridgehead atoms. The Balaban J connectivity index is 1.55. The molecule has 0 aliphatic rings. The van der Waals surface area contributed by atoms with Crippen molar-refractivity contribution in [3.05, 3.63) is 119 Å². The van der Waals surface area contributed by atoms with E-state index in [-0.39, 0.29) is 24.9 Å². The van der Waals surface area contributed by atoms with Gasteiger partial charge in [0.15, 0.2) is 0 Å². The molecule has 5 aromatic rings. The monoisotopic (exact) mass is 574 g/mol. The fourth-order valence-corrected chi connectivity index (χ4v) is 5.06. The minimum absolute atomic E-state index is 0.0578. The summed E-state index contributed by atoms with van der Waals surface area (Å²) in [7, 11) is 3.94. The van der Waals surface area contributed by atoms with E-state index in [1.165, 1.54) is 0 Å². The fraction of sp³-hybridized carbons (Fsp3) is 0.257. The van der Waals surface area contributed by atoms with Crippen LogP contribution in [0.5, 0.6) is 0 Å². The Labute approximate surface area is 252 Å². The number of hydrogen-bond donors (Lipinski definition) is 1. The third-order valence-corrected chi connectivity index (χ3v) is 7.63. The van der Waals surface area contributed by atoms with E-state index in [1.54, 1.807) is 9.58 Å². The number of fused-ring (bicyclic) bond motifs is 1. The number of nitrogens with zero attached hydrogens (tertiary/aromatic N) is 5. The molecule has 4 aromatic carbocycles. The van der Waals surface area contributed by atoms with Gasteiger partial charge in [0.1, 0.15) is 18.1 Å². The molecule has 0 saturated heterocycles. The largest absolute Gasteiger partial charge is 0.378 e. The molecule has 0 aliphatic heterocycles. The molecule has 1 aromatic heterocycles. The van der Waals surface area contributed by atoms with Crippen LogP contribution >= 0.6 is 0 Å². The van der Waals surface area contributed by atoms with Gasteiger partial charge in [-0.2, -0.15) is 0 Å². The maximum absolute atomic E-state index is 14.2. The predicted octanol–water partition coefficient (Wildman–Crippen LogP) is 6.34. The summed E-state index contributed by atoms with van der Waals surface area (Å²) < 4.78 is 1.59. The molecule has 0 radical (unpaired) electrons. The molecule has 1 N–H and O–H groups in total. The lowest BCUT2D eigenvalue weighted by Crippen LogP contribution is -2.42. The average Bonchev–Trinajstić information content (AvgIpc) is 3.41. The highest BCUT2D eigenvalue weighted by Crippen LogP contribution is 2.28. The highest BCUT2D eigenvalue weighted by Gasteiger charge is 2.32. The molecule has 5 rings (SSSR count). The van der Waals surface area contributed by atoms with Crippen LogP contribution in [0, 0.1) is 6.92 Å². The van der Waals surface area contributed by atoms with E-state index in [0.717, 1.165) is 33.5 Å². The summed E-state index contributed by atoms with van der Waals surface area (Å²) in [6.07, 6.45) is 0. The standard InChI is InChI=1S/C35H38N6O2/c1-24(2)27-14-16-28(17-15-27)34(35(43)36-29-18-20-30(21-19-29)39(4)5)40(22-26-12-10-25(3)11-13-26)33(42)23-41-32-9-7-6-8-31(32)37-38-41/h6-21,24,34H,22-23H2,1-5H3,(H,36,43). The van der Waals surface area contributed by atoms with Crippen LogP contribution in [0.2, 0.25) is 0 Å². The fourth-order valence-electron chi connectivity index (χ4n) is 5.06. The topological polar surface area (TPSA) is 83.4 Å². The first-order valence-electron chi connectivity index (χ1n) is 14.5. The summed E-state index contributed by atoms with van der Waals surface area (Å²) in [5, 5.41) is 11.5. The van der Waals surface area contributed by atoms with Crippen LogP contribution in [0.3, 0.4) is 0 Å². The molecule has 8 nitrogen and oxygen atoms in total. The summed E-state index contributed by atoms with van der Waals surface area (Å²) in [4.78, 5) is 32.1. The Morgan fingerprint density at radius 1 is 0.837 bits per heavy atom. The summed E-state index contributed by atoms with van der Waals surface area (Å²) in [5.41, 5.74) is 7.09. The molecule has 8 heteroatoms. The zero-order chi connectivity index (χ0) is 30.5. The van der Waals surface area contributed by atoms with Gasteiger partial charge < -0.3 is 15.1 Å². The highest BCUT2D eigenvalue weighted by molar-refractivity contribution is 5.98. The molecule has 1 atom stereocenters. The molecule has 2 amide bonds. The first-order chi connectivity index (χ1) is 20.7. The van der Waals surface area contributed by atoms with Crippen molar-refractivity contribution in [1.29, 1.82) is 0 Å². The molecule has 43 heavy (non-hydrogen) atoms. The van der Waals surface area contributed by atoms with Crippen LogP contribution in [0.25, 0.3) is 11.0 Å². The number of para-hydroxylation sites is 1. The average molecular weight is 575 g/mol. The second-order valence-corrected chi connectivity index (χ2v) is 11.4. The zero-order valence-corrected chi connectivity index (χ0v) is 25.4. The first-order valence-corrected chi connectivity index (χ1v) is 14.5. The van der Waals surface area contributed by atoms with Crippen LogP contribution in [0.4, 0.5) is 11.4 Å². The smallest absolute Gasteiger partial charge is 0.251 e. The normalized spacial score (nSPS) is 11.9. The summed E-state index contributed by atoms with van der Waals surface area (Å²) in [6.45, 7) is 6.47. The molecule has 0 fully saturated rings. The van der Waals surface area contributed by atoms with Gasteiger partial charge in [0.25, 0.3) is 5.91 Å². The van der Waals surface area contributed by atoms with Gasteiger partial charge >= 0.3 is 0 Å². The predicted molar refractivity (Wildman–Crippen MR) is 172 cm³/mol. The second-order valence-electron chi connectivity index (χ2n) is 11.4. The van der Waals surface area contributed by atoms with E-state index in [0.29, 0.717) is 17.1 Å². The Bertz CT molecular complexity index is 1690. The minimum Gasteiger partial charge on any atom is -0.378 e. The summed E-state index contributed by atoms with van der Waals surface area (Å²) in [5.74, 6) is -0.200. The number of aromatic nitrogens is 3. The number of nitrogens with one attached hydrogen (secondary N) is 1. The Hall–Kier alpha value is -4.98. The summed E-state index contributed by atoms with van der Waals surface area (Å²) >= 11 is 0. The maximum Gasteiger partial charge on any atom is 0.251 e. The Kier molecular flexibility index (Phi) is 8.85. The number of amides is 2. The minimum atomic E-state index is -0.890. The van der Waals surface area contributed by atoms with Crippen molar-refractivity contribution in [1.82, 2.24) is 19.9 Å². The van der Waals surface area contributed by atoms with E-state index in [4.69, 9.17) is 0 Å². The van der Waals surface area contributed by atoms with Crippen LogP contribution in [-0.4, -0.2) is 45.8 Å². The van der Waals surface area contributed by atoms with Crippen molar-refractivity contribution in [2.24, 2.45) is 0 Å². The molecule has 0 spiro atoms. The van der Waals surface area contributed by atoms with Crippen molar-refractivity contribution in [2.75, 3.05) is 24.3 Å². The van der Waals surface area contributed by atoms with Crippen LogP contribution in [-0.2, 0) is 22.7 Å². The zero-order valence-electron chi connectivity index (χ0n) is 25.4. The van der Waals surface area contributed by atoms with Crippen LogP contribution < -0.4 is 10.2 Å². The first kappa shape index (κ1) is 29.5. The second kappa shape index (κ2) is 12.9. The number of carbonyl (C=O) groups excluding carboxylic acids is 2. The van der Waals surface area contributed by atoms with Gasteiger partial charge in [-0.15, -0.1) is 5.10 Å². The van der Waals surface area contributed by atoms with E-state index in [2.05, 4.69) is 29.5 Å². The van der Waals surface area contributed by atoms with Crippen molar-refractivity contribution < 1.29 is 9.59 Å². The van der Waals surface area contributed by atoms with Gasteiger partial charge in [0.05, 0.1) is 5.52 Å². The van der Waals surface area contributed by atoms with Crippen LogP contribution in [0.15, 0.2) is 97.1 Å². The van der Waals surface area contributed by atoms with Gasteiger partial charge in [-0.05, 0) is 65.9 Å². The molecule has 0 saturated carbocycles. The number of hydrogen-bond acceptors (Lipinski definition) is 5. The quantitative estimate of drug-likeness (QED) is 0.211. The Morgan fingerprint density at radius 2 is 1.49 bits per heavy atom. The molecule has 220 valence electrons. The van der Waals surface area contributed by atoms with Crippen molar-refractivity contribution in [3.63, 3.8) is 0 Å². The third kappa shape index (κ3) is 6.92. The lowest BCUT2D eigenvalue weighted by atomic mass is 9.97. The van der Waals surface area contributed by atoms with E-state index >= 15 is 0 Å². The lowest BCUT2D eigenvalue weighted by molar-refractivity contribution is -0.140. The lowest BCUT2D eigenvalue weighted by Gasteiger charge is -2.32. The molecular formula is C35H38N6O2. The molecule has 1 unspecified atom stereocenters. The van der Waals surface area contributed by atoms with Gasteiger partial charge in [-0.3, -0.25) is 9.59 Å². The van der Waals surface area contributed by atoms with E-state index in [1.807, 2.05) is 123 Å². The van der Waals surface area contributed by atoms with E-state index < -0.39 is 6.04 Å². The molecular weight excluding hydrogens is 536 g/mol. The van der Waals surface area contributed by atoms with Crippen molar-refractivity contribution in [3.8, 4) is 0 Å². The molecule has 0 aliphatic carbocycles. The van der Waals surface area contributed by atoms with Gasteiger partial charge in [-0.25, -0.2) is 4.68 Å².